The van der Waals surface area contributed by atoms with Gasteiger partial charge in [-0.2, -0.15) is 13.2 Å². The molecule has 3 heteroatoms. The summed E-state index contributed by atoms with van der Waals surface area (Å²) in [4.78, 5) is 0. The molecular weight excluding hydrogens is 141 g/mol. The smallest absolute Gasteiger partial charge is 0.171 e. The molecule has 1 rings (SSSR count). The van der Waals surface area contributed by atoms with Gasteiger partial charge < -0.3 is 0 Å². The van der Waals surface area contributed by atoms with Crippen LogP contribution < -0.4 is 0 Å². The van der Waals surface area contributed by atoms with Gasteiger partial charge in [0, 0.05) is 0 Å². The SMILES string of the molecule is CC.C[C@H]1C[C@@H]1C(F)(F)F. The van der Waals surface area contributed by atoms with E-state index in [1.807, 2.05) is 13.8 Å². The molecule has 1 aliphatic rings. The minimum Gasteiger partial charge on any atom is -0.171 e. The third-order valence-corrected chi connectivity index (χ3v) is 1.53. The average Bonchev–Trinajstić information content (AvgIpc) is 2.50. The van der Waals surface area contributed by atoms with E-state index in [9.17, 15) is 13.2 Å². The summed E-state index contributed by atoms with van der Waals surface area (Å²) in [6.07, 6.45) is -3.58. The largest absolute Gasteiger partial charge is 0.392 e. The first-order valence-electron chi connectivity index (χ1n) is 3.58. The molecule has 0 spiro atoms. The molecule has 0 saturated heterocycles. The molecule has 0 bridgehead atoms. The van der Waals surface area contributed by atoms with Crippen LogP contribution in [0.4, 0.5) is 13.2 Å². The maximum Gasteiger partial charge on any atom is 0.392 e. The molecule has 0 nitrogen and oxygen atoms in total. The van der Waals surface area contributed by atoms with Gasteiger partial charge in [0.2, 0.25) is 0 Å². The zero-order chi connectivity index (χ0) is 8.36. The van der Waals surface area contributed by atoms with Crippen molar-refractivity contribution in [1.29, 1.82) is 0 Å². The predicted molar refractivity (Wildman–Crippen MR) is 34.7 cm³/mol. The fourth-order valence-electron chi connectivity index (χ4n) is 0.778. The summed E-state index contributed by atoms with van der Waals surface area (Å²) in [5.41, 5.74) is 0. The summed E-state index contributed by atoms with van der Waals surface area (Å²) in [5.74, 6) is -1.10. The lowest BCUT2D eigenvalue weighted by Gasteiger charge is -2.01. The molecule has 0 heterocycles. The summed E-state index contributed by atoms with van der Waals surface area (Å²) >= 11 is 0. The Labute approximate surface area is 59.4 Å². The van der Waals surface area contributed by atoms with E-state index in [0.29, 0.717) is 6.42 Å². The van der Waals surface area contributed by atoms with Crippen molar-refractivity contribution < 1.29 is 13.2 Å². The van der Waals surface area contributed by atoms with Gasteiger partial charge in [0.1, 0.15) is 0 Å². The Morgan fingerprint density at radius 3 is 1.50 bits per heavy atom. The maximum atomic E-state index is 11.5. The van der Waals surface area contributed by atoms with E-state index < -0.39 is 12.1 Å². The van der Waals surface area contributed by atoms with Crippen molar-refractivity contribution >= 4 is 0 Å². The van der Waals surface area contributed by atoms with Crippen molar-refractivity contribution in [3.8, 4) is 0 Å². The monoisotopic (exact) mass is 154 g/mol. The van der Waals surface area contributed by atoms with Crippen LogP contribution >= 0.6 is 0 Å². The molecule has 62 valence electrons. The Morgan fingerprint density at radius 1 is 1.20 bits per heavy atom. The Balaban J connectivity index is 0.000000371. The Bertz CT molecular complexity index is 95.5. The van der Waals surface area contributed by atoms with Crippen LogP contribution in [0.5, 0.6) is 0 Å². The molecule has 0 aliphatic heterocycles. The van der Waals surface area contributed by atoms with Crippen LogP contribution in [0.3, 0.4) is 0 Å². The summed E-state index contributed by atoms with van der Waals surface area (Å²) in [7, 11) is 0. The van der Waals surface area contributed by atoms with E-state index in [0.717, 1.165) is 0 Å². The van der Waals surface area contributed by atoms with Crippen LogP contribution in [0.2, 0.25) is 0 Å². The van der Waals surface area contributed by atoms with Gasteiger partial charge in [-0.25, -0.2) is 0 Å². The molecule has 1 aliphatic carbocycles. The Kier molecular flexibility index (Phi) is 3.19. The van der Waals surface area contributed by atoms with Crippen LogP contribution in [0.25, 0.3) is 0 Å². The summed E-state index contributed by atoms with van der Waals surface area (Å²) in [6, 6.07) is 0. The third kappa shape index (κ3) is 2.58. The number of hydrogen-bond donors (Lipinski definition) is 0. The van der Waals surface area contributed by atoms with Gasteiger partial charge in [-0.1, -0.05) is 20.8 Å². The molecule has 2 atom stereocenters. The van der Waals surface area contributed by atoms with Crippen LogP contribution in [0, 0.1) is 11.8 Å². The Morgan fingerprint density at radius 2 is 1.50 bits per heavy atom. The molecule has 1 fully saturated rings. The van der Waals surface area contributed by atoms with E-state index in [4.69, 9.17) is 0 Å². The first kappa shape index (κ1) is 9.79. The van der Waals surface area contributed by atoms with E-state index in [2.05, 4.69) is 0 Å². The lowest BCUT2D eigenvalue weighted by molar-refractivity contribution is -0.150. The van der Waals surface area contributed by atoms with Crippen LogP contribution in [-0.2, 0) is 0 Å². The van der Waals surface area contributed by atoms with Crippen molar-refractivity contribution in [2.45, 2.75) is 33.4 Å². The van der Waals surface area contributed by atoms with Crippen molar-refractivity contribution in [1.82, 2.24) is 0 Å². The molecule has 0 radical (unpaired) electrons. The molecular formula is C7H13F3. The highest BCUT2D eigenvalue weighted by Gasteiger charge is 2.52. The van der Waals surface area contributed by atoms with E-state index >= 15 is 0 Å². The summed E-state index contributed by atoms with van der Waals surface area (Å²) in [5, 5.41) is 0. The van der Waals surface area contributed by atoms with Crippen LogP contribution in [-0.4, -0.2) is 6.18 Å². The normalized spacial score (nSPS) is 30.6. The zero-order valence-corrected chi connectivity index (χ0v) is 6.50. The highest BCUT2D eigenvalue weighted by Crippen LogP contribution is 2.49. The lowest BCUT2D eigenvalue weighted by atomic mass is 10.3. The number of halogens is 3. The second-order valence-corrected chi connectivity index (χ2v) is 2.36. The zero-order valence-electron chi connectivity index (χ0n) is 6.50. The molecule has 0 aromatic heterocycles. The second-order valence-electron chi connectivity index (χ2n) is 2.36. The van der Waals surface area contributed by atoms with Crippen LogP contribution in [0.15, 0.2) is 0 Å². The molecule has 0 aromatic carbocycles. The first-order valence-corrected chi connectivity index (χ1v) is 3.58. The topological polar surface area (TPSA) is 0 Å². The van der Waals surface area contributed by atoms with Crippen molar-refractivity contribution in [3.63, 3.8) is 0 Å². The van der Waals surface area contributed by atoms with Gasteiger partial charge in [-0.05, 0) is 12.3 Å². The quantitative estimate of drug-likeness (QED) is 0.502. The maximum absolute atomic E-state index is 11.5. The second kappa shape index (κ2) is 3.26. The highest BCUT2D eigenvalue weighted by molar-refractivity contribution is 4.87. The molecule has 0 unspecified atom stereocenters. The molecule has 10 heavy (non-hydrogen) atoms. The van der Waals surface area contributed by atoms with E-state index in [1.54, 1.807) is 6.92 Å². The van der Waals surface area contributed by atoms with E-state index in [-0.39, 0.29) is 5.92 Å². The number of rotatable bonds is 0. The number of hydrogen-bond acceptors (Lipinski definition) is 0. The summed E-state index contributed by atoms with van der Waals surface area (Å²) in [6.45, 7) is 5.62. The summed E-state index contributed by atoms with van der Waals surface area (Å²) < 4.78 is 34.5. The minimum atomic E-state index is -3.92. The van der Waals surface area contributed by atoms with Crippen LogP contribution in [0.1, 0.15) is 27.2 Å². The fraction of sp³-hybridized carbons (Fsp3) is 1.00. The number of alkyl halides is 3. The van der Waals surface area contributed by atoms with Crippen molar-refractivity contribution in [2.24, 2.45) is 11.8 Å². The lowest BCUT2D eigenvalue weighted by Crippen LogP contribution is -2.10. The minimum absolute atomic E-state index is 0.116. The third-order valence-electron chi connectivity index (χ3n) is 1.53. The molecule has 0 aromatic rings. The molecule has 0 N–H and O–H groups in total. The highest BCUT2D eigenvalue weighted by atomic mass is 19.4. The van der Waals surface area contributed by atoms with Gasteiger partial charge >= 0.3 is 6.18 Å². The van der Waals surface area contributed by atoms with Gasteiger partial charge in [0.25, 0.3) is 0 Å². The first-order chi connectivity index (χ1) is 4.52. The predicted octanol–water partition coefficient (Wildman–Crippen LogP) is 3.23. The standard InChI is InChI=1S/C5H7F3.C2H6/c1-3-2-4(3)5(6,7)8;1-2/h3-4H,2H2,1H3;1-2H3/t3-,4-;/m0./s1. The van der Waals surface area contributed by atoms with Crippen molar-refractivity contribution in [3.05, 3.63) is 0 Å². The van der Waals surface area contributed by atoms with Crippen molar-refractivity contribution in [2.75, 3.05) is 0 Å². The fourth-order valence-corrected chi connectivity index (χ4v) is 0.778. The van der Waals surface area contributed by atoms with Gasteiger partial charge in [-0.15, -0.1) is 0 Å². The molecule has 1 saturated carbocycles. The van der Waals surface area contributed by atoms with Gasteiger partial charge in [0.05, 0.1) is 5.92 Å². The van der Waals surface area contributed by atoms with Gasteiger partial charge in [0.15, 0.2) is 0 Å². The molecule has 0 amide bonds. The average molecular weight is 154 g/mol. The van der Waals surface area contributed by atoms with Gasteiger partial charge in [-0.3, -0.25) is 0 Å². The Hall–Kier alpha value is -0.210. The van der Waals surface area contributed by atoms with E-state index in [1.165, 1.54) is 0 Å².